The van der Waals surface area contributed by atoms with Crippen LogP contribution in [-0.2, 0) is 52.0 Å². The van der Waals surface area contributed by atoms with Crippen molar-refractivity contribution in [1.29, 1.82) is 0 Å². The Morgan fingerprint density at radius 2 is 1.79 bits per heavy atom. The van der Waals surface area contributed by atoms with E-state index in [1.54, 1.807) is 0 Å². The SMILES string of the molecule is [CH2-]Cc1nnc(C)c2c1CCCC2.[Y+3]. The van der Waals surface area contributed by atoms with Crippen molar-refractivity contribution in [2.45, 2.75) is 39.0 Å². The van der Waals surface area contributed by atoms with Crippen LogP contribution in [0.3, 0.4) is 0 Å². The molecule has 0 radical (unpaired) electrons. The molecule has 70 valence electrons. The van der Waals surface area contributed by atoms with Gasteiger partial charge in [-0.3, -0.25) is 0 Å². The van der Waals surface area contributed by atoms with Crippen molar-refractivity contribution >= 4 is 0 Å². The monoisotopic (exact) mass is 264 g/mol. The molecule has 14 heavy (non-hydrogen) atoms. The van der Waals surface area contributed by atoms with Gasteiger partial charge in [0.15, 0.2) is 0 Å². The largest absolute Gasteiger partial charge is 3.00 e. The minimum atomic E-state index is 0. The first-order valence-corrected chi connectivity index (χ1v) is 4.96. The summed E-state index contributed by atoms with van der Waals surface area (Å²) in [5.74, 6) is 0. The van der Waals surface area contributed by atoms with E-state index in [1.165, 1.54) is 36.8 Å². The molecule has 0 unspecified atom stereocenters. The second-order valence-corrected chi connectivity index (χ2v) is 3.65. The van der Waals surface area contributed by atoms with Crippen molar-refractivity contribution in [2.24, 2.45) is 0 Å². The summed E-state index contributed by atoms with van der Waals surface area (Å²) >= 11 is 0. The Morgan fingerprint density at radius 1 is 1.14 bits per heavy atom. The average molecular weight is 264 g/mol. The molecule has 1 heterocycles. The maximum atomic E-state index is 4.20. The van der Waals surface area contributed by atoms with Crippen molar-refractivity contribution < 1.29 is 32.7 Å². The summed E-state index contributed by atoms with van der Waals surface area (Å²) in [4.78, 5) is 0. The molecule has 2 nitrogen and oxygen atoms in total. The van der Waals surface area contributed by atoms with Gasteiger partial charge >= 0.3 is 32.7 Å². The molecule has 0 fully saturated rings. The maximum absolute atomic E-state index is 4.20. The Hall–Kier alpha value is 0.184. The molecular weight excluding hydrogens is 249 g/mol. The normalized spacial score (nSPS) is 14.4. The van der Waals surface area contributed by atoms with Crippen molar-refractivity contribution in [3.8, 4) is 0 Å². The van der Waals surface area contributed by atoms with E-state index in [9.17, 15) is 0 Å². The van der Waals surface area contributed by atoms with Crippen molar-refractivity contribution in [3.05, 3.63) is 29.4 Å². The molecule has 0 saturated heterocycles. The van der Waals surface area contributed by atoms with Crippen LogP contribution in [0.25, 0.3) is 0 Å². The zero-order valence-corrected chi connectivity index (χ0v) is 11.6. The molecule has 0 spiro atoms. The van der Waals surface area contributed by atoms with E-state index < -0.39 is 0 Å². The molecule has 1 aliphatic rings. The molecule has 0 N–H and O–H groups in total. The van der Waals surface area contributed by atoms with Crippen LogP contribution < -0.4 is 0 Å². The van der Waals surface area contributed by atoms with Crippen LogP contribution in [0, 0.1) is 13.8 Å². The summed E-state index contributed by atoms with van der Waals surface area (Å²) in [6.07, 6.45) is 5.73. The standard InChI is InChI=1S/C11H15N2.Y/c1-3-11-10-7-5-4-6-9(10)8(2)12-13-11;/h1,3-7H2,2H3;/q-1;+3. The second kappa shape index (κ2) is 5.32. The van der Waals surface area contributed by atoms with Crippen LogP contribution in [0.2, 0.25) is 0 Å². The van der Waals surface area contributed by atoms with Gasteiger partial charge in [0.2, 0.25) is 0 Å². The average Bonchev–Trinajstić information content (AvgIpc) is 2.19. The molecule has 1 aromatic heterocycles. The van der Waals surface area contributed by atoms with Gasteiger partial charge in [-0.15, -0.1) is 6.42 Å². The molecule has 3 heteroatoms. The van der Waals surface area contributed by atoms with E-state index in [-0.39, 0.29) is 32.7 Å². The first kappa shape index (κ1) is 12.3. The Morgan fingerprint density at radius 3 is 2.43 bits per heavy atom. The fourth-order valence-corrected chi connectivity index (χ4v) is 2.08. The minimum absolute atomic E-state index is 0. The summed E-state index contributed by atoms with van der Waals surface area (Å²) in [5.41, 5.74) is 5.11. The molecule has 0 bridgehead atoms. The molecule has 1 aromatic rings. The Balaban J connectivity index is 0.000000980. The van der Waals surface area contributed by atoms with E-state index in [0.717, 1.165) is 17.8 Å². The van der Waals surface area contributed by atoms with Gasteiger partial charge in [-0.05, 0) is 43.7 Å². The predicted octanol–water partition coefficient (Wildman–Crippen LogP) is 2.04. The van der Waals surface area contributed by atoms with E-state index in [4.69, 9.17) is 0 Å². The predicted molar refractivity (Wildman–Crippen MR) is 52.5 cm³/mol. The topological polar surface area (TPSA) is 25.8 Å². The molecule has 2 rings (SSSR count). The zero-order valence-electron chi connectivity index (χ0n) is 8.71. The number of aryl methyl sites for hydroxylation is 1. The fraction of sp³-hybridized carbons (Fsp3) is 0.545. The number of aromatic nitrogens is 2. The van der Waals surface area contributed by atoms with Crippen LogP contribution in [-0.4, -0.2) is 10.2 Å². The third kappa shape index (κ3) is 2.22. The third-order valence-electron chi connectivity index (χ3n) is 2.81. The van der Waals surface area contributed by atoms with Crippen LogP contribution in [0.1, 0.15) is 35.4 Å². The van der Waals surface area contributed by atoms with Crippen LogP contribution >= 0.6 is 0 Å². The van der Waals surface area contributed by atoms with Gasteiger partial charge in [-0.25, -0.2) is 0 Å². The number of rotatable bonds is 1. The summed E-state index contributed by atoms with van der Waals surface area (Å²) in [6, 6.07) is 0. The van der Waals surface area contributed by atoms with E-state index in [0.29, 0.717) is 0 Å². The number of hydrogen-bond acceptors (Lipinski definition) is 2. The molecule has 0 amide bonds. The Kier molecular flexibility index (Phi) is 4.65. The maximum Gasteiger partial charge on any atom is 3.00 e. The Labute approximate surface area is 111 Å². The van der Waals surface area contributed by atoms with Crippen molar-refractivity contribution in [2.75, 3.05) is 0 Å². The number of nitrogens with zero attached hydrogens (tertiary/aromatic N) is 2. The fourth-order valence-electron chi connectivity index (χ4n) is 2.08. The quantitative estimate of drug-likeness (QED) is 0.725. The molecule has 0 atom stereocenters. The van der Waals surface area contributed by atoms with E-state index >= 15 is 0 Å². The van der Waals surface area contributed by atoms with Gasteiger partial charge < -0.3 is 6.92 Å². The van der Waals surface area contributed by atoms with Gasteiger partial charge in [-0.2, -0.15) is 10.2 Å². The van der Waals surface area contributed by atoms with Gasteiger partial charge in [-0.1, -0.05) is 0 Å². The second-order valence-electron chi connectivity index (χ2n) is 3.65. The van der Waals surface area contributed by atoms with Crippen LogP contribution in [0.5, 0.6) is 0 Å². The van der Waals surface area contributed by atoms with Crippen molar-refractivity contribution in [1.82, 2.24) is 10.2 Å². The molecule has 0 saturated carbocycles. The van der Waals surface area contributed by atoms with E-state index in [1.807, 2.05) is 0 Å². The van der Waals surface area contributed by atoms with Crippen molar-refractivity contribution in [3.63, 3.8) is 0 Å². The molecule has 0 aliphatic heterocycles. The van der Waals surface area contributed by atoms with Gasteiger partial charge in [0.1, 0.15) is 0 Å². The number of fused-ring (bicyclic) bond motifs is 1. The molecular formula is C11H15N2Y+2. The van der Waals surface area contributed by atoms with Gasteiger partial charge in [0.25, 0.3) is 0 Å². The van der Waals surface area contributed by atoms with Gasteiger partial charge in [0, 0.05) is 5.69 Å². The first-order valence-electron chi connectivity index (χ1n) is 4.96. The van der Waals surface area contributed by atoms with Crippen LogP contribution in [0.4, 0.5) is 0 Å². The molecule has 1 aliphatic carbocycles. The van der Waals surface area contributed by atoms with Gasteiger partial charge in [0.05, 0.1) is 5.69 Å². The third-order valence-corrected chi connectivity index (χ3v) is 2.81. The Bertz CT molecular complexity index is 323. The van der Waals surface area contributed by atoms with E-state index in [2.05, 4.69) is 24.0 Å². The summed E-state index contributed by atoms with van der Waals surface area (Å²) < 4.78 is 0. The summed E-state index contributed by atoms with van der Waals surface area (Å²) in [7, 11) is 0. The zero-order chi connectivity index (χ0) is 9.26. The van der Waals surface area contributed by atoms with Crippen LogP contribution in [0.15, 0.2) is 0 Å². The smallest absolute Gasteiger partial charge is 0.338 e. The molecule has 0 aromatic carbocycles. The minimum Gasteiger partial charge on any atom is -0.338 e. The summed E-state index contributed by atoms with van der Waals surface area (Å²) in [5, 5.41) is 8.37. The first-order chi connectivity index (χ1) is 6.33. The number of hydrogen-bond donors (Lipinski definition) is 0. The summed E-state index contributed by atoms with van der Waals surface area (Å²) in [6.45, 7) is 5.95.